The van der Waals surface area contributed by atoms with Gasteiger partial charge in [0.15, 0.2) is 6.10 Å². The highest BCUT2D eigenvalue weighted by atomic mass is 32.2. The summed E-state index contributed by atoms with van der Waals surface area (Å²) >= 11 is 0. The average Bonchev–Trinajstić information content (AvgIpc) is 2.62. The summed E-state index contributed by atoms with van der Waals surface area (Å²) in [6, 6.07) is 12.6. The highest BCUT2D eigenvalue weighted by molar-refractivity contribution is 7.92. The van der Waals surface area contributed by atoms with Crippen LogP contribution < -0.4 is 14.4 Å². The van der Waals surface area contributed by atoms with E-state index in [1.54, 1.807) is 24.3 Å². The number of amides is 1. The van der Waals surface area contributed by atoms with E-state index in [2.05, 4.69) is 5.32 Å². The van der Waals surface area contributed by atoms with Gasteiger partial charge in [-0.1, -0.05) is 30.3 Å². The van der Waals surface area contributed by atoms with Crippen LogP contribution in [0.5, 0.6) is 5.75 Å². The van der Waals surface area contributed by atoms with Gasteiger partial charge < -0.3 is 10.1 Å². The molecule has 0 unspecified atom stereocenters. The molecule has 6 nitrogen and oxygen atoms in total. The summed E-state index contributed by atoms with van der Waals surface area (Å²) in [5, 5.41) is 2.93. The molecule has 0 saturated heterocycles. The number of sulfonamides is 1. The number of ether oxygens (including phenoxy) is 1. The molecule has 1 heterocycles. The third kappa shape index (κ3) is 4.08. The Morgan fingerprint density at radius 2 is 1.89 bits per heavy atom. The summed E-state index contributed by atoms with van der Waals surface area (Å²) in [7, 11) is -3.52. The quantitative estimate of drug-likeness (QED) is 0.874. The van der Waals surface area contributed by atoms with Crippen molar-refractivity contribution in [1.29, 1.82) is 0 Å². The minimum atomic E-state index is -3.52. The van der Waals surface area contributed by atoms with E-state index < -0.39 is 16.1 Å². The van der Waals surface area contributed by atoms with Crippen molar-refractivity contribution in [2.75, 3.05) is 17.1 Å². The van der Waals surface area contributed by atoms with Crippen LogP contribution in [0.1, 0.15) is 29.7 Å². The van der Waals surface area contributed by atoms with Crippen molar-refractivity contribution in [3.63, 3.8) is 0 Å². The fourth-order valence-corrected chi connectivity index (χ4v) is 3.99. The molecule has 0 spiro atoms. The van der Waals surface area contributed by atoms with E-state index in [-0.39, 0.29) is 18.5 Å². The number of hydrogen-bond donors (Lipinski definition) is 1. The van der Waals surface area contributed by atoms with Crippen molar-refractivity contribution in [2.24, 2.45) is 0 Å². The summed E-state index contributed by atoms with van der Waals surface area (Å²) in [6.07, 6.45) is 0.213. The Labute approximate surface area is 160 Å². The Hall–Kier alpha value is -2.54. The zero-order chi connectivity index (χ0) is 19.8. The van der Waals surface area contributed by atoms with Gasteiger partial charge in [-0.15, -0.1) is 0 Å². The number of para-hydroxylation sites is 2. The number of nitrogens with zero attached hydrogens (tertiary/aromatic N) is 1. The van der Waals surface area contributed by atoms with Crippen LogP contribution in [0.3, 0.4) is 0 Å². The van der Waals surface area contributed by atoms with Gasteiger partial charge in [-0.2, -0.15) is 0 Å². The maximum absolute atomic E-state index is 12.8. The van der Waals surface area contributed by atoms with Gasteiger partial charge in [0.05, 0.1) is 24.5 Å². The lowest BCUT2D eigenvalue weighted by Gasteiger charge is -2.34. The zero-order valence-electron chi connectivity index (χ0n) is 15.9. The van der Waals surface area contributed by atoms with E-state index in [9.17, 15) is 13.2 Å². The molecule has 1 N–H and O–H groups in total. The molecule has 0 fully saturated rings. The number of aryl methyl sites for hydroxylation is 2. The first-order valence-electron chi connectivity index (χ1n) is 8.77. The molecule has 0 radical (unpaired) electrons. The van der Waals surface area contributed by atoms with Crippen molar-refractivity contribution < 1.29 is 17.9 Å². The number of fused-ring (bicyclic) bond motifs is 1. The Morgan fingerprint density at radius 1 is 1.19 bits per heavy atom. The first-order valence-corrected chi connectivity index (χ1v) is 10.6. The van der Waals surface area contributed by atoms with Crippen LogP contribution >= 0.6 is 0 Å². The number of nitrogens with one attached hydrogen (secondary N) is 1. The van der Waals surface area contributed by atoms with E-state index in [0.717, 1.165) is 17.4 Å². The van der Waals surface area contributed by atoms with E-state index in [0.29, 0.717) is 11.4 Å². The lowest BCUT2D eigenvalue weighted by molar-refractivity contribution is -0.128. The smallest absolute Gasteiger partial charge is 0.263 e. The largest absolute Gasteiger partial charge is 0.476 e. The van der Waals surface area contributed by atoms with Crippen LogP contribution in [0.4, 0.5) is 5.69 Å². The zero-order valence-corrected chi connectivity index (χ0v) is 16.7. The van der Waals surface area contributed by atoms with E-state index in [1.165, 1.54) is 9.87 Å². The fraction of sp³-hybridized carbons (Fsp3) is 0.350. The molecule has 3 rings (SSSR count). The highest BCUT2D eigenvalue weighted by Crippen LogP contribution is 2.34. The van der Waals surface area contributed by atoms with E-state index >= 15 is 0 Å². The van der Waals surface area contributed by atoms with Crippen LogP contribution in [0.25, 0.3) is 0 Å². The van der Waals surface area contributed by atoms with Crippen LogP contribution in [-0.4, -0.2) is 33.2 Å². The van der Waals surface area contributed by atoms with E-state index in [4.69, 9.17) is 4.74 Å². The second kappa shape index (κ2) is 7.23. The van der Waals surface area contributed by atoms with Crippen molar-refractivity contribution in [3.05, 3.63) is 59.2 Å². The van der Waals surface area contributed by atoms with Crippen molar-refractivity contribution in [3.8, 4) is 5.75 Å². The molecule has 2 aromatic carbocycles. The summed E-state index contributed by atoms with van der Waals surface area (Å²) in [5.41, 5.74) is 3.78. The topological polar surface area (TPSA) is 75.7 Å². The summed E-state index contributed by atoms with van der Waals surface area (Å²) in [6.45, 7) is 5.91. The summed E-state index contributed by atoms with van der Waals surface area (Å²) in [4.78, 5) is 12.8. The lowest BCUT2D eigenvalue weighted by atomic mass is 10.0. The Kier molecular flexibility index (Phi) is 5.15. The molecule has 0 aliphatic carbocycles. The minimum Gasteiger partial charge on any atom is -0.476 e. The number of rotatable bonds is 4. The molecule has 27 heavy (non-hydrogen) atoms. The predicted octanol–water partition coefficient (Wildman–Crippen LogP) is 2.71. The second-order valence-electron chi connectivity index (χ2n) is 6.94. The monoisotopic (exact) mass is 388 g/mol. The minimum absolute atomic E-state index is 0.0542. The van der Waals surface area contributed by atoms with Gasteiger partial charge in [0.25, 0.3) is 5.91 Å². The first kappa shape index (κ1) is 19.2. The number of carbonyl (C=O) groups is 1. The van der Waals surface area contributed by atoms with Gasteiger partial charge in [0, 0.05) is 0 Å². The van der Waals surface area contributed by atoms with Crippen LogP contribution in [0, 0.1) is 13.8 Å². The SMILES string of the molecule is Cc1ccc([C@H](C)NC(=O)[C@H]2CN(S(C)(=O)=O)c3ccccc3O2)cc1C. The van der Waals surface area contributed by atoms with Gasteiger partial charge in [-0.25, -0.2) is 8.42 Å². The van der Waals surface area contributed by atoms with Gasteiger partial charge >= 0.3 is 0 Å². The molecule has 7 heteroatoms. The molecule has 1 aliphatic rings. The molecule has 144 valence electrons. The fourth-order valence-electron chi connectivity index (χ4n) is 3.08. The standard InChI is InChI=1S/C20H24N2O4S/c1-13-9-10-16(11-14(13)2)15(3)21-20(23)19-12-22(27(4,24)25)17-7-5-6-8-18(17)26-19/h5-11,15,19H,12H2,1-4H3,(H,21,23)/t15-,19+/m0/s1. The Bertz CT molecular complexity index is 972. The molecule has 2 atom stereocenters. The normalized spacial score (nSPS) is 17.6. The molecule has 1 aliphatic heterocycles. The van der Waals surface area contributed by atoms with Crippen molar-refractivity contribution in [2.45, 2.75) is 32.9 Å². The van der Waals surface area contributed by atoms with Gasteiger partial charge in [0.1, 0.15) is 5.75 Å². The van der Waals surface area contributed by atoms with Gasteiger partial charge in [-0.3, -0.25) is 9.10 Å². The molecule has 0 bridgehead atoms. The molecular formula is C20H24N2O4S. The third-order valence-corrected chi connectivity index (χ3v) is 5.96. The number of hydrogen-bond acceptors (Lipinski definition) is 4. The molecule has 0 aromatic heterocycles. The number of carbonyl (C=O) groups excluding carboxylic acids is 1. The van der Waals surface area contributed by atoms with Crippen molar-refractivity contribution >= 4 is 21.6 Å². The molecular weight excluding hydrogens is 364 g/mol. The van der Waals surface area contributed by atoms with Crippen LogP contribution in [0.15, 0.2) is 42.5 Å². The first-order chi connectivity index (χ1) is 12.7. The second-order valence-corrected chi connectivity index (χ2v) is 8.85. The molecule has 0 saturated carbocycles. The lowest BCUT2D eigenvalue weighted by Crippen LogP contribution is -2.50. The molecule has 1 amide bonds. The summed E-state index contributed by atoms with van der Waals surface area (Å²) < 4.78 is 31.3. The number of benzene rings is 2. The highest BCUT2D eigenvalue weighted by Gasteiger charge is 2.35. The summed E-state index contributed by atoms with van der Waals surface area (Å²) in [5.74, 6) is 0.0389. The third-order valence-electron chi connectivity index (χ3n) is 4.82. The van der Waals surface area contributed by atoms with Crippen LogP contribution in [0.2, 0.25) is 0 Å². The van der Waals surface area contributed by atoms with E-state index in [1.807, 2.05) is 39.0 Å². The van der Waals surface area contributed by atoms with Crippen molar-refractivity contribution in [1.82, 2.24) is 5.32 Å². The Morgan fingerprint density at radius 3 is 2.56 bits per heavy atom. The number of anilines is 1. The maximum atomic E-state index is 12.8. The average molecular weight is 388 g/mol. The Balaban J connectivity index is 1.80. The van der Waals surface area contributed by atoms with Gasteiger partial charge in [0.2, 0.25) is 10.0 Å². The predicted molar refractivity (Wildman–Crippen MR) is 106 cm³/mol. The molecule has 2 aromatic rings. The van der Waals surface area contributed by atoms with Crippen LogP contribution in [-0.2, 0) is 14.8 Å². The van der Waals surface area contributed by atoms with Gasteiger partial charge in [-0.05, 0) is 49.6 Å². The maximum Gasteiger partial charge on any atom is 0.263 e.